The molecule has 0 radical (unpaired) electrons. The van der Waals surface area contributed by atoms with Crippen LogP contribution in [0.15, 0.2) is 34.2 Å². The van der Waals surface area contributed by atoms with E-state index >= 15 is 0 Å². The molecule has 1 aliphatic heterocycles. The van der Waals surface area contributed by atoms with Crippen LogP contribution in [0.2, 0.25) is 0 Å². The fourth-order valence-electron chi connectivity index (χ4n) is 1.70. The Morgan fingerprint density at radius 3 is 2.79 bits per heavy atom. The number of carboxylic acid groups (broad SMARTS) is 1. The first-order valence-corrected chi connectivity index (χ1v) is 7.90. The average molecular weight is 295 g/mol. The second kappa shape index (κ2) is 5.59. The molecule has 0 saturated carbocycles. The van der Waals surface area contributed by atoms with Gasteiger partial charge in [-0.3, -0.25) is 4.79 Å². The predicted octanol–water partition coefficient (Wildman–Crippen LogP) is 4.20. The summed E-state index contributed by atoms with van der Waals surface area (Å²) in [5.74, 6) is -0.807. The molecule has 102 valence electrons. The Morgan fingerprint density at radius 1 is 1.47 bits per heavy atom. The van der Waals surface area contributed by atoms with Crippen LogP contribution in [0, 0.1) is 0 Å². The van der Waals surface area contributed by atoms with E-state index in [0.29, 0.717) is 0 Å². The van der Waals surface area contributed by atoms with Gasteiger partial charge in [0, 0.05) is 4.90 Å². The highest BCUT2D eigenvalue weighted by molar-refractivity contribution is 8.18. The maximum absolute atomic E-state index is 11.3. The number of aliphatic imine (C=N–C) groups is 1. The van der Waals surface area contributed by atoms with Crippen molar-refractivity contribution in [1.29, 1.82) is 0 Å². The summed E-state index contributed by atoms with van der Waals surface area (Å²) in [6.07, 6.45) is 0.945. The Bertz CT molecular complexity index is 526. The lowest BCUT2D eigenvalue weighted by atomic mass is 10.2. The summed E-state index contributed by atoms with van der Waals surface area (Å²) in [5, 5.41) is 10.4. The lowest BCUT2D eigenvalue weighted by Crippen LogP contribution is -2.31. The third-order valence-corrected chi connectivity index (χ3v) is 5.75. The minimum absolute atomic E-state index is 0.249. The van der Waals surface area contributed by atoms with Gasteiger partial charge in [-0.1, -0.05) is 30.8 Å². The van der Waals surface area contributed by atoms with Gasteiger partial charge in [0.05, 0.1) is 16.0 Å². The number of hydrogen-bond donors (Lipinski definition) is 1. The summed E-state index contributed by atoms with van der Waals surface area (Å²) >= 11 is 3.13. The molecule has 1 N–H and O–H groups in total. The van der Waals surface area contributed by atoms with Crippen LogP contribution in [-0.4, -0.2) is 26.1 Å². The maximum atomic E-state index is 11.3. The molecule has 0 bridgehead atoms. The largest absolute Gasteiger partial charge is 0.480 e. The first-order valence-electron chi connectivity index (χ1n) is 6.20. The number of aliphatic carboxylic acids is 1. The van der Waals surface area contributed by atoms with Gasteiger partial charge in [0.15, 0.2) is 0 Å². The number of rotatable bonds is 3. The fourth-order valence-corrected chi connectivity index (χ4v) is 4.05. The Balaban J connectivity index is 2.32. The van der Waals surface area contributed by atoms with Gasteiger partial charge in [0.1, 0.15) is 4.75 Å². The van der Waals surface area contributed by atoms with E-state index in [1.807, 2.05) is 18.2 Å². The van der Waals surface area contributed by atoms with Gasteiger partial charge in [0.2, 0.25) is 0 Å². The number of carboxylic acids is 1. The second-order valence-corrected chi connectivity index (χ2v) is 7.74. The lowest BCUT2D eigenvalue weighted by Gasteiger charge is -2.27. The number of benzene rings is 1. The average Bonchev–Trinajstić information content (AvgIpc) is 2.37. The highest BCUT2D eigenvalue weighted by atomic mass is 32.2. The Kier molecular flexibility index (Phi) is 4.26. The van der Waals surface area contributed by atoms with Gasteiger partial charge in [-0.25, -0.2) is 4.99 Å². The molecule has 1 aliphatic rings. The van der Waals surface area contributed by atoms with E-state index in [4.69, 9.17) is 0 Å². The molecule has 1 aromatic carbocycles. The molecule has 5 heteroatoms. The summed E-state index contributed by atoms with van der Waals surface area (Å²) in [6.45, 7) is 5.55. The highest BCUT2D eigenvalue weighted by Gasteiger charge is 2.34. The number of hydrogen-bond acceptors (Lipinski definition) is 4. The van der Waals surface area contributed by atoms with E-state index in [2.05, 4.69) is 18.0 Å². The molecule has 2 rings (SSSR count). The highest BCUT2D eigenvalue weighted by Crippen LogP contribution is 2.43. The van der Waals surface area contributed by atoms with Crippen molar-refractivity contribution < 1.29 is 9.90 Å². The van der Waals surface area contributed by atoms with Gasteiger partial charge in [0.25, 0.3) is 0 Å². The van der Waals surface area contributed by atoms with E-state index in [1.165, 1.54) is 16.7 Å². The minimum Gasteiger partial charge on any atom is -0.480 e. The van der Waals surface area contributed by atoms with Gasteiger partial charge in [-0.05, 0) is 32.4 Å². The molecule has 0 aromatic heterocycles. The fraction of sp³-hybridized carbons (Fsp3) is 0.429. The Labute approximate surface area is 121 Å². The summed E-state index contributed by atoms with van der Waals surface area (Å²) in [6, 6.07) is 8.01. The van der Waals surface area contributed by atoms with Crippen molar-refractivity contribution in [3.05, 3.63) is 24.3 Å². The molecular formula is C14H17NO2S2. The maximum Gasteiger partial charge on any atom is 0.319 e. The van der Waals surface area contributed by atoms with E-state index in [9.17, 15) is 9.90 Å². The molecule has 0 saturated heterocycles. The SMILES string of the molecule is CCC1Sc2ccccc2N=C1SC(C)(C)C(=O)O. The molecule has 3 nitrogen and oxygen atoms in total. The minimum atomic E-state index is -0.848. The van der Waals surface area contributed by atoms with Crippen molar-refractivity contribution >= 4 is 40.2 Å². The molecule has 1 unspecified atom stereocenters. The summed E-state index contributed by atoms with van der Waals surface area (Å²) in [5.41, 5.74) is 0.945. The molecule has 1 aromatic rings. The van der Waals surface area contributed by atoms with Crippen LogP contribution in [0.5, 0.6) is 0 Å². The molecule has 0 aliphatic carbocycles. The van der Waals surface area contributed by atoms with Crippen LogP contribution in [-0.2, 0) is 4.79 Å². The van der Waals surface area contributed by atoms with Crippen LogP contribution in [0.3, 0.4) is 0 Å². The van der Waals surface area contributed by atoms with Crippen molar-refractivity contribution in [3.8, 4) is 0 Å². The van der Waals surface area contributed by atoms with Crippen LogP contribution < -0.4 is 0 Å². The molecule has 1 atom stereocenters. The number of thioether (sulfide) groups is 2. The van der Waals surface area contributed by atoms with E-state index in [-0.39, 0.29) is 5.25 Å². The van der Waals surface area contributed by atoms with Gasteiger partial charge < -0.3 is 5.11 Å². The molecule has 0 spiro atoms. The lowest BCUT2D eigenvalue weighted by molar-refractivity contribution is -0.138. The zero-order valence-corrected chi connectivity index (χ0v) is 12.8. The first kappa shape index (κ1) is 14.5. The normalized spacial score (nSPS) is 18.7. The van der Waals surface area contributed by atoms with E-state index < -0.39 is 10.7 Å². The van der Waals surface area contributed by atoms with E-state index in [0.717, 1.165) is 17.2 Å². The van der Waals surface area contributed by atoms with Crippen LogP contribution in [0.25, 0.3) is 0 Å². The second-order valence-electron chi connectivity index (χ2n) is 4.85. The Hall–Kier alpha value is -0.940. The van der Waals surface area contributed by atoms with Crippen molar-refractivity contribution in [2.45, 2.75) is 42.1 Å². The first-order chi connectivity index (χ1) is 8.94. The monoisotopic (exact) mass is 295 g/mol. The van der Waals surface area contributed by atoms with Crippen LogP contribution in [0.4, 0.5) is 5.69 Å². The van der Waals surface area contributed by atoms with Crippen molar-refractivity contribution in [2.75, 3.05) is 0 Å². The molecule has 0 amide bonds. The third kappa shape index (κ3) is 3.15. The van der Waals surface area contributed by atoms with E-state index in [1.54, 1.807) is 25.6 Å². The molecule has 0 fully saturated rings. The van der Waals surface area contributed by atoms with Crippen molar-refractivity contribution in [1.82, 2.24) is 0 Å². The zero-order chi connectivity index (χ0) is 14.0. The Morgan fingerprint density at radius 2 is 2.16 bits per heavy atom. The third-order valence-electron chi connectivity index (χ3n) is 2.89. The zero-order valence-electron chi connectivity index (χ0n) is 11.2. The molecular weight excluding hydrogens is 278 g/mol. The predicted molar refractivity (Wildman–Crippen MR) is 82.8 cm³/mol. The summed E-state index contributed by atoms with van der Waals surface area (Å²) < 4.78 is -0.848. The number of para-hydroxylation sites is 1. The molecule has 1 heterocycles. The van der Waals surface area contributed by atoms with Crippen molar-refractivity contribution in [3.63, 3.8) is 0 Å². The van der Waals surface area contributed by atoms with Gasteiger partial charge in [-0.2, -0.15) is 0 Å². The van der Waals surface area contributed by atoms with Crippen molar-refractivity contribution in [2.24, 2.45) is 4.99 Å². The van der Waals surface area contributed by atoms with Crippen LogP contribution >= 0.6 is 23.5 Å². The summed E-state index contributed by atoms with van der Waals surface area (Å²) in [7, 11) is 0. The topological polar surface area (TPSA) is 49.7 Å². The standard InChI is InChI=1S/C14H17NO2S2/c1-4-10-12(19-14(2,3)13(16)17)15-9-7-5-6-8-11(9)18-10/h5-8,10H,4H2,1-3H3,(H,16,17). The summed E-state index contributed by atoms with van der Waals surface area (Å²) in [4.78, 5) is 17.1. The number of fused-ring (bicyclic) bond motifs is 1. The number of nitrogens with zero attached hydrogens (tertiary/aromatic N) is 1. The van der Waals surface area contributed by atoms with Crippen LogP contribution in [0.1, 0.15) is 27.2 Å². The van der Waals surface area contributed by atoms with Gasteiger partial charge >= 0.3 is 5.97 Å². The van der Waals surface area contributed by atoms with Gasteiger partial charge in [-0.15, -0.1) is 11.8 Å². The smallest absolute Gasteiger partial charge is 0.319 e. The number of carbonyl (C=O) groups is 1. The molecule has 19 heavy (non-hydrogen) atoms. The quantitative estimate of drug-likeness (QED) is 0.908.